The van der Waals surface area contributed by atoms with E-state index in [0.717, 1.165) is 29.7 Å². The van der Waals surface area contributed by atoms with E-state index in [9.17, 15) is 9.59 Å². The van der Waals surface area contributed by atoms with Crippen LogP contribution in [0, 0.1) is 0 Å². The number of aryl methyl sites for hydroxylation is 1. The lowest BCUT2D eigenvalue weighted by Crippen LogP contribution is -2.35. The Balaban J connectivity index is 1.52. The van der Waals surface area contributed by atoms with Gasteiger partial charge in [-0.15, -0.1) is 0 Å². The van der Waals surface area contributed by atoms with Crippen molar-refractivity contribution in [3.63, 3.8) is 0 Å². The molecular weight excluding hydrogens is 384 g/mol. The number of hydrogen-bond acceptors (Lipinski definition) is 2. The van der Waals surface area contributed by atoms with Gasteiger partial charge in [0.25, 0.3) is 11.8 Å². The van der Waals surface area contributed by atoms with Crippen molar-refractivity contribution >= 4 is 29.1 Å². The van der Waals surface area contributed by atoms with Crippen molar-refractivity contribution < 1.29 is 9.59 Å². The van der Waals surface area contributed by atoms with Crippen molar-refractivity contribution in [1.29, 1.82) is 0 Å². The fourth-order valence-electron chi connectivity index (χ4n) is 3.61. The molecular formula is C24H21ClN2O2. The van der Waals surface area contributed by atoms with Crippen LogP contribution in [0.3, 0.4) is 0 Å². The van der Waals surface area contributed by atoms with E-state index in [4.69, 9.17) is 11.6 Å². The molecule has 0 saturated carbocycles. The van der Waals surface area contributed by atoms with E-state index < -0.39 is 0 Å². The normalized spacial score (nSPS) is 12.9. The Morgan fingerprint density at radius 3 is 2.55 bits per heavy atom. The molecule has 146 valence electrons. The van der Waals surface area contributed by atoms with Crippen molar-refractivity contribution in [3.8, 4) is 0 Å². The van der Waals surface area contributed by atoms with Crippen LogP contribution in [0.1, 0.15) is 38.3 Å². The quantitative estimate of drug-likeness (QED) is 0.674. The minimum Gasteiger partial charge on any atom is -0.348 e. The summed E-state index contributed by atoms with van der Waals surface area (Å²) in [5.74, 6) is -0.190. The zero-order valence-corrected chi connectivity index (χ0v) is 16.7. The average Bonchev–Trinajstić information content (AvgIpc) is 2.77. The summed E-state index contributed by atoms with van der Waals surface area (Å²) < 4.78 is 0. The number of fused-ring (bicyclic) bond motifs is 1. The summed E-state index contributed by atoms with van der Waals surface area (Å²) in [6, 6.07) is 22.3. The topological polar surface area (TPSA) is 49.4 Å². The molecule has 0 saturated heterocycles. The number of amides is 2. The van der Waals surface area contributed by atoms with Crippen LogP contribution in [0.5, 0.6) is 0 Å². The fourth-order valence-corrected chi connectivity index (χ4v) is 3.80. The largest absolute Gasteiger partial charge is 0.348 e. The second-order valence-corrected chi connectivity index (χ2v) is 7.52. The second kappa shape index (κ2) is 8.50. The van der Waals surface area contributed by atoms with Gasteiger partial charge >= 0.3 is 0 Å². The molecule has 0 radical (unpaired) electrons. The van der Waals surface area contributed by atoms with Crippen LogP contribution in [0.15, 0.2) is 72.8 Å². The molecule has 0 spiro atoms. The Bertz CT molecular complexity index is 1050. The molecule has 29 heavy (non-hydrogen) atoms. The SMILES string of the molecule is O=C(NCc1ccccc1)c1ccc2c(c1)CCCN2C(=O)c1cccc(Cl)c1. The van der Waals surface area contributed by atoms with Gasteiger partial charge in [0.15, 0.2) is 0 Å². The zero-order chi connectivity index (χ0) is 20.2. The smallest absolute Gasteiger partial charge is 0.258 e. The monoisotopic (exact) mass is 404 g/mol. The summed E-state index contributed by atoms with van der Waals surface area (Å²) in [5.41, 5.74) is 4.10. The summed E-state index contributed by atoms with van der Waals surface area (Å²) in [7, 11) is 0. The number of carbonyl (C=O) groups is 2. The summed E-state index contributed by atoms with van der Waals surface area (Å²) in [5, 5.41) is 3.49. The van der Waals surface area contributed by atoms with Gasteiger partial charge in [-0.1, -0.05) is 48.0 Å². The fraction of sp³-hybridized carbons (Fsp3) is 0.167. The third-order valence-corrected chi connectivity index (χ3v) is 5.31. The highest BCUT2D eigenvalue weighted by molar-refractivity contribution is 6.31. The minimum absolute atomic E-state index is 0.0743. The lowest BCUT2D eigenvalue weighted by molar-refractivity contribution is 0.0950. The third kappa shape index (κ3) is 4.33. The Hall–Kier alpha value is -3.11. The summed E-state index contributed by atoms with van der Waals surface area (Å²) >= 11 is 6.04. The van der Waals surface area contributed by atoms with Gasteiger partial charge < -0.3 is 10.2 Å². The van der Waals surface area contributed by atoms with Crippen LogP contribution in [-0.2, 0) is 13.0 Å². The molecule has 0 aliphatic carbocycles. The first-order chi connectivity index (χ1) is 14.1. The maximum atomic E-state index is 13.0. The zero-order valence-electron chi connectivity index (χ0n) is 15.9. The van der Waals surface area contributed by atoms with Crippen LogP contribution in [0.4, 0.5) is 5.69 Å². The first-order valence-electron chi connectivity index (χ1n) is 9.64. The molecule has 2 amide bonds. The molecule has 4 rings (SSSR count). The maximum absolute atomic E-state index is 13.0. The van der Waals surface area contributed by atoms with E-state index in [1.165, 1.54) is 0 Å². The number of nitrogens with one attached hydrogen (secondary N) is 1. The van der Waals surface area contributed by atoms with E-state index in [0.29, 0.717) is 29.2 Å². The van der Waals surface area contributed by atoms with Crippen LogP contribution in [0.25, 0.3) is 0 Å². The Labute approximate surface area is 175 Å². The molecule has 0 aromatic heterocycles. The van der Waals surface area contributed by atoms with Gasteiger partial charge in [0.05, 0.1) is 0 Å². The van der Waals surface area contributed by atoms with Crippen LogP contribution < -0.4 is 10.2 Å². The average molecular weight is 405 g/mol. The summed E-state index contributed by atoms with van der Waals surface area (Å²) in [6.45, 7) is 1.13. The number of anilines is 1. The maximum Gasteiger partial charge on any atom is 0.258 e. The van der Waals surface area contributed by atoms with Crippen molar-refractivity contribution in [2.75, 3.05) is 11.4 Å². The van der Waals surface area contributed by atoms with Gasteiger partial charge in [-0.05, 0) is 60.4 Å². The minimum atomic E-state index is -0.116. The lowest BCUT2D eigenvalue weighted by atomic mass is 9.98. The van der Waals surface area contributed by atoms with Crippen LogP contribution in [0.2, 0.25) is 5.02 Å². The first kappa shape index (κ1) is 19.2. The van der Waals surface area contributed by atoms with E-state index in [1.807, 2.05) is 42.5 Å². The number of nitrogens with zero attached hydrogens (tertiary/aromatic N) is 1. The second-order valence-electron chi connectivity index (χ2n) is 7.08. The molecule has 3 aromatic rings. The first-order valence-corrected chi connectivity index (χ1v) is 10.0. The standard InChI is InChI=1S/C24H21ClN2O2/c25-21-10-4-8-20(15-21)24(29)27-13-5-9-18-14-19(11-12-22(18)27)23(28)26-16-17-6-2-1-3-7-17/h1-4,6-8,10-12,14-15H,5,9,13,16H2,(H,26,28). The predicted molar refractivity (Wildman–Crippen MR) is 116 cm³/mol. The van der Waals surface area contributed by atoms with E-state index in [2.05, 4.69) is 5.32 Å². The lowest BCUT2D eigenvalue weighted by Gasteiger charge is -2.30. The van der Waals surface area contributed by atoms with Crippen molar-refractivity contribution in [1.82, 2.24) is 5.32 Å². The molecule has 3 aromatic carbocycles. The number of hydrogen-bond donors (Lipinski definition) is 1. The van der Waals surface area contributed by atoms with Crippen molar-refractivity contribution in [2.45, 2.75) is 19.4 Å². The molecule has 0 bridgehead atoms. The molecule has 1 N–H and O–H groups in total. The Morgan fingerprint density at radius 1 is 0.931 bits per heavy atom. The van der Waals surface area contributed by atoms with Crippen LogP contribution in [-0.4, -0.2) is 18.4 Å². The van der Waals surface area contributed by atoms with Gasteiger partial charge in [-0.25, -0.2) is 0 Å². The number of halogens is 1. The highest BCUT2D eigenvalue weighted by Crippen LogP contribution is 2.30. The van der Waals surface area contributed by atoms with Gasteiger partial charge in [0, 0.05) is 34.9 Å². The number of rotatable bonds is 4. The van der Waals surface area contributed by atoms with Crippen LogP contribution >= 0.6 is 11.6 Å². The summed E-state index contributed by atoms with van der Waals surface area (Å²) in [6.07, 6.45) is 1.70. The number of benzene rings is 3. The molecule has 1 aliphatic heterocycles. The van der Waals surface area contributed by atoms with E-state index in [1.54, 1.807) is 35.2 Å². The molecule has 0 unspecified atom stereocenters. The number of carbonyl (C=O) groups excluding carboxylic acids is 2. The molecule has 5 heteroatoms. The highest BCUT2D eigenvalue weighted by Gasteiger charge is 2.24. The van der Waals surface area contributed by atoms with Gasteiger partial charge in [0.2, 0.25) is 0 Å². The Morgan fingerprint density at radius 2 is 1.76 bits per heavy atom. The molecule has 0 fully saturated rings. The summed E-state index contributed by atoms with van der Waals surface area (Å²) in [4.78, 5) is 27.3. The highest BCUT2D eigenvalue weighted by atomic mass is 35.5. The Kier molecular flexibility index (Phi) is 5.63. The molecule has 4 nitrogen and oxygen atoms in total. The third-order valence-electron chi connectivity index (χ3n) is 5.07. The van der Waals surface area contributed by atoms with Crippen molar-refractivity contribution in [2.24, 2.45) is 0 Å². The molecule has 1 aliphatic rings. The molecule has 0 atom stereocenters. The van der Waals surface area contributed by atoms with E-state index in [-0.39, 0.29) is 11.8 Å². The molecule has 1 heterocycles. The van der Waals surface area contributed by atoms with E-state index >= 15 is 0 Å². The predicted octanol–water partition coefficient (Wildman–Crippen LogP) is 4.86. The van der Waals surface area contributed by atoms with Gasteiger partial charge in [-0.3, -0.25) is 9.59 Å². The van der Waals surface area contributed by atoms with Gasteiger partial charge in [-0.2, -0.15) is 0 Å². The van der Waals surface area contributed by atoms with Crippen molar-refractivity contribution in [3.05, 3.63) is 100 Å². The van der Waals surface area contributed by atoms with Gasteiger partial charge in [0.1, 0.15) is 0 Å².